The van der Waals surface area contributed by atoms with E-state index in [1.807, 2.05) is 0 Å². The molecular weight excluding hydrogens is 258 g/mol. The van der Waals surface area contributed by atoms with Crippen LogP contribution < -0.4 is 5.73 Å². The van der Waals surface area contributed by atoms with Crippen LogP contribution in [0.5, 0.6) is 0 Å². The lowest BCUT2D eigenvalue weighted by molar-refractivity contribution is 0.512. The fourth-order valence-corrected chi connectivity index (χ4v) is 3.07. The molecule has 1 aliphatic rings. The molecule has 3 rings (SSSR count). The van der Waals surface area contributed by atoms with Crippen molar-refractivity contribution in [1.29, 1.82) is 0 Å². The molecule has 3 nitrogen and oxygen atoms in total. The van der Waals surface area contributed by atoms with Crippen molar-refractivity contribution < 1.29 is 0 Å². The van der Waals surface area contributed by atoms with E-state index >= 15 is 0 Å². The summed E-state index contributed by atoms with van der Waals surface area (Å²) in [6, 6.07) is 6.37. The van der Waals surface area contributed by atoms with Crippen LogP contribution in [0.4, 0.5) is 5.82 Å². The van der Waals surface area contributed by atoms with Gasteiger partial charge in [-0.15, -0.1) is 0 Å². The average molecular weight is 283 g/mol. The molecule has 0 radical (unpaired) electrons. The summed E-state index contributed by atoms with van der Waals surface area (Å²) in [7, 11) is 0. The smallest absolute Gasteiger partial charge is 0.131 e. The maximum absolute atomic E-state index is 6.49. The second kappa shape index (κ2) is 5.21. The second-order valence-electron chi connectivity index (χ2n) is 6.75. The van der Waals surface area contributed by atoms with Crippen molar-refractivity contribution in [1.82, 2.24) is 9.55 Å². The fourth-order valence-electron chi connectivity index (χ4n) is 3.07. The summed E-state index contributed by atoms with van der Waals surface area (Å²) in [4.78, 5) is 4.95. The number of nitrogens with zero attached hydrogens (tertiary/aromatic N) is 2. The van der Waals surface area contributed by atoms with E-state index in [0.717, 1.165) is 18.1 Å². The Morgan fingerprint density at radius 1 is 1.24 bits per heavy atom. The highest BCUT2D eigenvalue weighted by Gasteiger charge is 2.31. The molecule has 1 aromatic heterocycles. The van der Waals surface area contributed by atoms with Crippen molar-refractivity contribution in [3.8, 4) is 11.3 Å². The lowest BCUT2D eigenvalue weighted by Gasteiger charge is -2.12. The maximum Gasteiger partial charge on any atom is 0.131 e. The average Bonchev–Trinajstić information content (AvgIpc) is 3.19. The molecule has 0 atom stereocenters. The number of benzene rings is 1. The van der Waals surface area contributed by atoms with Gasteiger partial charge < -0.3 is 10.3 Å². The highest BCUT2D eigenvalue weighted by molar-refractivity contribution is 5.76. The van der Waals surface area contributed by atoms with Gasteiger partial charge in [-0.25, -0.2) is 4.98 Å². The van der Waals surface area contributed by atoms with Crippen molar-refractivity contribution in [2.75, 3.05) is 5.73 Å². The van der Waals surface area contributed by atoms with E-state index in [-0.39, 0.29) is 0 Å². The second-order valence-corrected chi connectivity index (χ2v) is 6.75. The third-order valence-corrected chi connectivity index (χ3v) is 4.24. The Bertz CT molecular complexity index is 643. The monoisotopic (exact) mass is 283 g/mol. The Morgan fingerprint density at radius 2 is 1.86 bits per heavy atom. The van der Waals surface area contributed by atoms with Gasteiger partial charge in [0.1, 0.15) is 17.3 Å². The number of hydrogen-bond donors (Lipinski definition) is 1. The molecular formula is C18H25N3. The van der Waals surface area contributed by atoms with Gasteiger partial charge in [0.15, 0.2) is 0 Å². The topological polar surface area (TPSA) is 43.8 Å². The molecule has 1 saturated carbocycles. The zero-order valence-corrected chi connectivity index (χ0v) is 13.5. The van der Waals surface area contributed by atoms with Gasteiger partial charge in [0.25, 0.3) is 0 Å². The summed E-state index contributed by atoms with van der Waals surface area (Å²) in [5, 5.41) is 0. The normalized spacial score (nSPS) is 14.9. The number of rotatable bonds is 4. The molecule has 21 heavy (non-hydrogen) atoms. The first-order valence-electron chi connectivity index (χ1n) is 7.91. The standard InChI is InChI=1S/C18H25N3/c1-11(2)10-21-17(19)16(20-18(21)14-8-9-14)15-12(3)6-5-7-13(15)4/h5-7,11,14H,8-10,19H2,1-4H3. The number of aromatic nitrogens is 2. The van der Waals surface area contributed by atoms with Crippen LogP contribution in [-0.2, 0) is 6.54 Å². The quantitative estimate of drug-likeness (QED) is 0.910. The summed E-state index contributed by atoms with van der Waals surface area (Å²) < 4.78 is 2.25. The Kier molecular flexibility index (Phi) is 3.52. The lowest BCUT2D eigenvalue weighted by atomic mass is 10.00. The van der Waals surface area contributed by atoms with Gasteiger partial charge in [-0.3, -0.25) is 0 Å². The molecule has 0 saturated heterocycles. The number of aryl methyl sites for hydroxylation is 2. The van der Waals surface area contributed by atoms with E-state index in [9.17, 15) is 0 Å². The summed E-state index contributed by atoms with van der Waals surface area (Å²) >= 11 is 0. The highest BCUT2D eigenvalue weighted by Crippen LogP contribution is 2.43. The number of nitrogens with two attached hydrogens (primary N) is 1. The molecule has 2 N–H and O–H groups in total. The maximum atomic E-state index is 6.49. The van der Waals surface area contributed by atoms with E-state index in [2.05, 4.69) is 50.5 Å². The molecule has 1 heterocycles. The number of nitrogen functional groups attached to an aromatic ring is 1. The van der Waals surface area contributed by atoms with E-state index < -0.39 is 0 Å². The van der Waals surface area contributed by atoms with Crippen LogP contribution in [0.3, 0.4) is 0 Å². The predicted molar refractivity (Wildman–Crippen MR) is 88.4 cm³/mol. The van der Waals surface area contributed by atoms with Gasteiger partial charge in [-0.05, 0) is 43.7 Å². The summed E-state index contributed by atoms with van der Waals surface area (Å²) in [5.74, 6) is 3.22. The molecule has 1 aliphatic carbocycles. The summed E-state index contributed by atoms with van der Waals surface area (Å²) in [5.41, 5.74) is 11.2. The van der Waals surface area contributed by atoms with Crippen molar-refractivity contribution in [2.45, 2.75) is 53.0 Å². The molecule has 0 unspecified atom stereocenters. The van der Waals surface area contributed by atoms with E-state index in [1.54, 1.807) is 0 Å². The minimum atomic E-state index is 0.574. The van der Waals surface area contributed by atoms with Gasteiger partial charge in [0, 0.05) is 18.0 Å². The van der Waals surface area contributed by atoms with Gasteiger partial charge in [-0.1, -0.05) is 32.0 Å². The van der Waals surface area contributed by atoms with Crippen molar-refractivity contribution in [3.63, 3.8) is 0 Å². The van der Waals surface area contributed by atoms with Crippen LogP contribution in [0.2, 0.25) is 0 Å². The number of hydrogen-bond acceptors (Lipinski definition) is 2. The summed E-state index contributed by atoms with van der Waals surface area (Å²) in [6.45, 7) is 9.69. The minimum Gasteiger partial charge on any atom is -0.383 e. The van der Waals surface area contributed by atoms with Gasteiger partial charge in [0.2, 0.25) is 0 Å². The Hall–Kier alpha value is -1.77. The minimum absolute atomic E-state index is 0.574. The van der Waals surface area contributed by atoms with Crippen molar-refractivity contribution >= 4 is 5.82 Å². The zero-order chi connectivity index (χ0) is 15.1. The van der Waals surface area contributed by atoms with E-state index in [1.165, 1.54) is 35.4 Å². The van der Waals surface area contributed by atoms with Crippen LogP contribution in [0.1, 0.15) is 49.6 Å². The molecule has 2 aromatic rings. The number of anilines is 1. The van der Waals surface area contributed by atoms with Crippen LogP contribution in [-0.4, -0.2) is 9.55 Å². The van der Waals surface area contributed by atoms with Crippen LogP contribution in [0.25, 0.3) is 11.3 Å². The first kappa shape index (κ1) is 14.2. The molecule has 0 bridgehead atoms. The van der Waals surface area contributed by atoms with Crippen molar-refractivity contribution in [2.24, 2.45) is 5.92 Å². The largest absolute Gasteiger partial charge is 0.383 e. The Labute approximate surface area is 127 Å². The van der Waals surface area contributed by atoms with Crippen LogP contribution >= 0.6 is 0 Å². The zero-order valence-electron chi connectivity index (χ0n) is 13.5. The Balaban J connectivity index is 2.15. The molecule has 3 heteroatoms. The van der Waals surface area contributed by atoms with E-state index in [4.69, 9.17) is 10.7 Å². The van der Waals surface area contributed by atoms with Crippen molar-refractivity contribution in [3.05, 3.63) is 35.2 Å². The highest BCUT2D eigenvalue weighted by atomic mass is 15.2. The first-order chi connectivity index (χ1) is 9.99. The molecule has 1 fully saturated rings. The first-order valence-corrected chi connectivity index (χ1v) is 7.91. The molecule has 0 spiro atoms. The molecule has 1 aromatic carbocycles. The van der Waals surface area contributed by atoms with E-state index in [0.29, 0.717) is 11.8 Å². The third kappa shape index (κ3) is 2.57. The molecule has 0 amide bonds. The lowest BCUT2D eigenvalue weighted by Crippen LogP contribution is -2.11. The fraction of sp³-hybridized carbons (Fsp3) is 0.500. The SMILES string of the molecule is Cc1cccc(C)c1-c1nc(C2CC2)n(CC(C)C)c1N. The third-order valence-electron chi connectivity index (χ3n) is 4.24. The number of imidazole rings is 1. The van der Waals surface area contributed by atoms with Gasteiger partial charge in [0.05, 0.1) is 0 Å². The van der Waals surface area contributed by atoms with Gasteiger partial charge >= 0.3 is 0 Å². The van der Waals surface area contributed by atoms with Gasteiger partial charge in [-0.2, -0.15) is 0 Å². The predicted octanol–water partition coefficient (Wildman–Crippen LogP) is 4.28. The molecule has 0 aliphatic heterocycles. The Morgan fingerprint density at radius 3 is 2.38 bits per heavy atom. The van der Waals surface area contributed by atoms with Crippen LogP contribution in [0.15, 0.2) is 18.2 Å². The van der Waals surface area contributed by atoms with Crippen LogP contribution in [0, 0.1) is 19.8 Å². The summed E-state index contributed by atoms with van der Waals surface area (Å²) in [6.07, 6.45) is 2.50. The molecule has 112 valence electrons.